The Kier molecular flexibility index (Phi) is 4.08. The van der Waals surface area contributed by atoms with Crippen LogP contribution in [0, 0.1) is 0 Å². The molecule has 0 N–H and O–H groups in total. The smallest absolute Gasteiger partial charge is 0.0717 e. The maximum Gasteiger partial charge on any atom is 0.0717 e. The molecule has 0 aliphatic carbocycles. The summed E-state index contributed by atoms with van der Waals surface area (Å²) in [5.74, 6) is 0. The van der Waals surface area contributed by atoms with Gasteiger partial charge in [0.25, 0.3) is 0 Å². The molecular formula is C7H17OPS. The van der Waals surface area contributed by atoms with Crippen LogP contribution in [0.25, 0.3) is 0 Å². The second kappa shape index (κ2) is 3.85. The Labute approximate surface area is 69.2 Å². The van der Waals surface area contributed by atoms with Gasteiger partial charge in [0.1, 0.15) is 0 Å². The highest BCUT2D eigenvalue weighted by Gasteiger charge is 2.24. The van der Waals surface area contributed by atoms with E-state index in [1.165, 1.54) is 0 Å². The second-order valence-corrected chi connectivity index (χ2v) is 8.45. The molecule has 0 aromatic heterocycles. The van der Waals surface area contributed by atoms with Gasteiger partial charge in [-0.15, -0.1) is 0 Å². The SMILES string of the molecule is COP(=S)(C(C)C)C(C)C. The van der Waals surface area contributed by atoms with Crippen LogP contribution in [0.3, 0.4) is 0 Å². The molecule has 0 fully saturated rings. The van der Waals surface area contributed by atoms with Crippen LogP contribution < -0.4 is 0 Å². The summed E-state index contributed by atoms with van der Waals surface area (Å²) < 4.78 is 5.39. The summed E-state index contributed by atoms with van der Waals surface area (Å²) in [4.78, 5) is 0. The average Bonchev–Trinajstić information content (AvgIpc) is 1.85. The molecule has 0 bridgehead atoms. The van der Waals surface area contributed by atoms with Crippen molar-refractivity contribution in [3.05, 3.63) is 0 Å². The Morgan fingerprint density at radius 1 is 1.10 bits per heavy atom. The molecule has 0 amide bonds. The van der Waals surface area contributed by atoms with Crippen molar-refractivity contribution in [1.82, 2.24) is 0 Å². The molecule has 0 spiro atoms. The van der Waals surface area contributed by atoms with Crippen LogP contribution in [0.4, 0.5) is 0 Å². The van der Waals surface area contributed by atoms with Crippen LogP contribution in [0.5, 0.6) is 0 Å². The van der Waals surface area contributed by atoms with Crippen LogP contribution >= 0.6 is 6.26 Å². The summed E-state index contributed by atoms with van der Waals surface area (Å²) in [5.41, 5.74) is 1.01. The van der Waals surface area contributed by atoms with Gasteiger partial charge in [-0.3, -0.25) is 0 Å². The van der Waals surface area contributed by atoms with Crippen molar-refractivity contribution in [2.75, 3.05) is 7.11 Å². The highest BCUT2D eigenvalue weighted by Crippen LogP contribution is 2.55. The molecule has 0 heterocycles. The molecule has 0 aliphatic heterocycles. The summed E-state index contributed by atoms with van der Waals surface area (Å²) in [6, 6.07) is 0. The zero-order chi connectivity index (χ0) is 8.36. The summed E-state index contributed by atoms with van der Waals surface area (Å²) >= 11 is 5.44. The number of hydrogen-bond donors (Lipinski definition) is 0. The first-order chi connectivity index (χ1) is 4.45. The first kappa shape index (κ1) is 10.6. The van der Waals surface area contributed by atoms with Crippen LogP contribution in [0.1, 0.15) is 27.7 Å². The Morgan fingerprint density at radius 3 is 1.40 bits per heavy atom. The molecule has 0 saturated heterocycles. The molecule has 0 radical (unpaired) electrons. The topological polar surface area (TPSA) is 9.23 Å². The monoisotopic (exact) mass is 180 g/mol. The fourth-order valence-corrected chi connectivity index (χ4v) is 3.05. The summed E-state index contributed by atoms with van der Waals surface area (Å²) in [7, 11) is 1.74. The molecule has 0 saturated carbocycles. The van der Waals surface area contributed by atoms with Gasteiger partial charge in [-0.25, -0.2) is 0 Å². The molecule has 0 atom stereocenters. The van der Waals surface area contributed by atoms with Crippen molar-refractivity contribution in [1.29, 1.82) is 0 Å². The molecule has 62 valence electrons. The minimum atomic E-state index is -1.51. The maximum atomic E-state index is 5.44. The molecule has 0 aromatic carbocycles. The van der Waals surface area contributed by atoms with E-state index < -0.39 is 6.26 Å². The van der Waals surface area contributed by atoms with Crippen molar-refractivity contribution in [3.63, 3.8) is 0 Å². The van der Waals surface area contributed by atoms with Gasteiger partial charge in [0, 0.05) is 18.4 Å². The van der Waals surface area contributed by atoms with Gasteiger partial charge in [-0.2, -0.15) is 0 Å². The molecule has 3 heteroatoms. The fourth-order valence-electron chi connectivity index (χ4n) is 1.02. The van der Waals surface area contributed by atoms with Gasteiger partial charge in [-0.1, -0.05) is 39.5 Å². The van der Waals surface area contributed by atoms with E-state index in [1.807, 2.05) is 0 Å². The molecule has 0 rings (SSSR count). The largest absolute Gasteiger partial charge is 0.353 e. The van der Waals surface area contributed by atoms with Gasteiger partial charge >= 0.3 is 0 Å². The average molecular weight is 180 g/mol. The third kappa shape index (κ3) is 2.05. The molecule has 0 unspecified atom stereocenters. The predicted molar refractivity (Wildman–Crippen MR) is 51.6 cm³/mol. The molecule has 1 nitrogen and oxygen atoms in total. The lowest BCUT2D eigenvalue weighted by Gasteiger charge is -2.27. The first-order valence-corrected chi connectivity index (χ1v) is 6.46. The lowest BCUT2D eigenvalue weighted by atomic mass is 10.5. The Hall–Kier alpha value is 0.610. The van der Waals surface area contributed by atoms with Gasteiger partial charge in [0.15, 0.2) is 0 Å². The maximum absolute atomic E-state index is 5.44. The lowest BCUT2D eigenvalue weighted by Crippen LogP contribution is -2.08. The quantitative estimate of drug-likeness (QED) is 0.618. The molecule has 0 aromatic rings. The molecule has 0 aliphatic rings. The number of rotatable bonds is 3. The highest BCUT2D eigenvalue weighted by molar-refractivity contribution is 8.12. The second-order valence-electron chi connectivity index (χ2n) is 3.02. The van der Waals surface area contributed by atoms with E-state index in [0.29, 0.717) is 11.3 Å². The normalized spacial score (nSPS) is 13.1. The van der Waals surface area contributed by atoms with E-state index in [4.69, 9.17) is 16.3 Å². The van der Waals surface area contributed by atoms with Crippen LogP contribution in [-0.4, -0.2) is 18.4 Å². The molecule has 10 heavy (non-hydrogen) atoms. The third-order valence-electron chi connectivity index (χ3n) is 1.72. The van der Waals surface area contributed by atoms with E-state index in [2.05, 4.69) is 27.7 Å². The van der Waals surface area contributed by atoms with Crippen LogP contribution in [0.2, 0.25) is 0 Å². The molecular weight excluding hydrogens is 163 g/mol. The van der Waals surface area contributed by atoms with Crippen molar-refractivity contribution in [2.24, 2.45) is 0 Å². The van der Waals surface area contributed by atoms with Crippen molar-refractivity contribution in [2.45, 2.75) is 39.0 Å². The highest BCUT2D eigenvalue weighted by atomic mass is 32.4. The number of hydrogen-bond acceptors (Lipinski definition) is 2. The summed E-state index contributed by atoms with van der Waals surface area (Å²) in [6.07, 6.45) is -1.51. The Balaban J connectivity index is 4.40. The minimum absolute atomic E-state index is 0.507. The van der Waals surface area contributed by atoms with Crippen LogP contribution in [-0.2, 0) is 16.3 Å². The standard InChI is InChI=1S/C7H17OPS/c1-6(2)9(10,8-5)7(3)4/h6-7H,1-5H3. The summed E-state index contributed by atoms with van der Waals surface area (Å²) in [6.45, 7) is 8.57. The van der Waals surface area contributed by atoms with E-state index in [1.54, 1.807) is 7.11 Å². The fraction of sp³-hybridized carbons (Fsp3) is 1.00. The van der Waals surface area contributed by atoms with Gasteiger partial charge in [0.05, 0.1) is 6.26 Å². The Morgan fingerprint density at radius 2 is 1.40 bits per heavy atom. The van der Waals surface area contributed by atoms with Crippen molar-refractivity contribution in [3.8, 4) is 0 Å². The van der Waals surface area contributed by atoms with Gasteiger partial charge in [-0.05, 0) is 0 Å². The van der Waals surface area contributed by atoms with E-state index in [0.717, 1.165) is 0 Å². The first-order valence-electron chi connectivity index (χ1n) is 3.60. The van der Waals surface area contributed by atoms with Gasteiger partial charge in [0.2, 0.25) is 0 Å². The lowest BCUT2D eigenvalue weighted by molar-refractivity contribution is 0.447. The minimum Gasteiger partial charge on any atom is -0.353 e. The van der Waals surface area contributed by atoms with Crippen molar-refractivity contribution < 1.29 is 4.52 Å². The van der Waals surface area contributed by atoms with Crippen molar-refractivity contribution >= 4 is 18.1 Å². The van der Waals surface area contributed by atoms with Gasteiger partial charge < -0.3 is 4.52 Å². The third-order valence-corrected chi connectivity index (χ3v) is 8.15. The summed E-state index contributed by atoms with van der Waals surface area (Å²) in [5, 5.41) is 0. The zero-order valence-electron chi connectivity index (χ0n) is 7.42. The zero-order valence-corrected chi connectivity index (χ0v) is 9.13. The van der Waals surface area contributed by atoms with E-state index in [-0.39, 0.29) is 0 Å². The Bertz CT molecular complexity index is 131. The van der Waals surface area contributed by atoms with Crippen LogP contribution in [0.15, 0.2) is 0 Å². The predicted octanol–water partition coefficient (Wildman–Crippen LogP) is 2.84. The van der Waals surface area contributed by atoms with E-state index >= 15 is 0 Å². The van der Waals surface area contributed by atoms with E-state index in [9.17, 15) is 0 Å².